The molecule has 0 bridgehead atoms. The Kier molecular flexibility index (Phi) is 4.39. The van der Waals surface area contributed by atoms with E-state index >= 15 is 0 Å². The van der Waals surface area contributed by atoms with Crippen LogP contribution in [0.3, 0.4) is 0 Å². The van der Waals surface area contributed by atoms with Gasteiger partial charge in [-0.1, -0.05) is 35.9 Å². The molecule has 3 heterocycles. The van der Waals surface area contributed by atoms with E-state index in [2.05, 4.69) is 43.1 Å². The summed E-state index contributed by atoms with van der Waals surface area (Å²) in [6.45, 7) is 4.85. The molecule has 2 aromatic heterocycles. The van der Waals surface area contributed by atoms with Gasteiger partial charge in [0.05, 0.1) is 22.9 Å². The molecule has 0 N–H and O–H groups in total. The van der Waals surface area contributed by atoms with Gasteiger partial charge in [-0.05, 0) is 44.5 Å². The molecule has 2 aromatic carbocycles. The number of aryl methyl sites for hydroxylation is 2. The van der Waals surface area contributed by atoms with Crippen molar-refractivity contribution in [3.63, 3.8) is 0 Å². The van der Waals surface area contributed by atoms with Crippen LogP contribution in [0, 0.1) is 6.92 Å². The molecule has 5 nitrogen and oxygen atoms in total. The minimum absolute atomic E-state index is 0.0430. The number of fused-ring (bicyclic) bond motifs is 2. The molecule has 5 heteroatoms. The average molecular weight is 396 g/mol. The highest BCUT2D eigenvalue weighted by Crippen LogP contribution is 2.36. The van der Waals surface area contributed by atoms with Crippen LogP contribution in [0.2, 0.25) is 0 Å². The maximum atomic E-state index is 13.3. The molecule has 0 saturated heterocycles. The van der Waals surface area contributed by atoms with Crippen LogP contribution in [0.5, 0.6) is 0 Å². The van der Waals surface area contributed by atoms with Crippen molar-refractivity contribution in [2.24, 2.45) is 7.05 Å². The number of amides is 1. The molecule has 150 valence electrons. The molecule has 1 amide bonds. The molecular weight excluding hydrogens is 372 g/mol. The lowest BCUT2D eigenvalue weighted by Gasteiger charge is -2.33. The minimum Gasteiger partial charge on any atom is -0.330 e. The topological polar surface area (TPSA) is 51.0 Å². The molecule has 0 aliphatic carbocycles. The Morgan fingerprint density at radius 1 is 1.10 bits per heavy atom. The predicted octanol–water partition coefficient (Wildman–Crippen LogP) is 4.70. The minimum atomic E-state index is -0.0729. The van der Waals surface area contributed by atoms with Crippen LogP contribution < -0.4 is 0 Å². The van der Waals surface area contributed by atoms with E-state index in [-0.39, 0.29) is 11.9 Å². The molecule has 0 radical (unpaired) electrons. The van der Waals surface area contributed by atoms with Crippen LogP contribution in [-0.2, 0) is 13.5 Å². The number of aromatic nitrogens is 3. The second-order valence-corrected chi connectivity index (χ2v) is 8.04. The summed E-state index contributed by atoms with van der Waals surface area (Å²) < 4.78 is 1.96. The molecule has 1 aliphatic heterocycles. The van der Waals surface area contributed by atoms with Crippen LogP contribution in [0.25, 0.3) is 22.2 Å². The maximum Gasteiger partial charge on any atom is 0.254 e. The van der Waals surface area contributed by atoms with Crippen molar-refractivity contribution >= 4 is 16.8 Å². The Morgan fingerprint density at radius 3 is 2.70 bits per heavy atom. The van der Waals surface area contributed by atoms with Gasteiger partial charge in [0.2, 0.25) is 0 Å². The van der Waals surface area contributed by atoms with Crippen LogP contribution in [0.1, 0.15) is 40.1 Å². The number of carbonyl (C=O) groups excluding carboxylic acids is 1. The van der Waals surface area contributed by atoms with Gasteiger partial charge < -0.3 is 4.90 Å². The fourth-order valence-corrected chi connectivity index (χ4v) is 4.47. The molecule has 0 saturated carbocycles. The van der Waals surface area contributed by atoms with Crippen molar-refractivity contribution in [1.82, 2.24) is 19.7 Å². The predicted molar refractivity (Wildman–Crippen MR) is 118 cm³/mol. The van der Waals surface area contributed by atoms with E-state index in [1.807, 2.05) is 47.0 Å². The molecule has 30 heavy (non-hydrogen) atoms. The van der Waals surface area contributed by atoms with Crippen LogP contribution >= 0.6 is 0 Å². The number of nitrogens with zero attached hydrogens (tertiary/aromatic N) is 4. The number of hydrogen-bond acceptors (Lipinski definition) is 3. The first-order chi connectivity index (χ1) is 14.5. The second-order valence-electron chi connectivity index (χ2n) is 8.04. The van der Waals surface area contributed by atoms with Crippen molar-refractivity contribution < 1.29 is 4.79 Å². The number of pyridine rings is 1. The lowest BCUT2D eigenvalue weighted by molar-refractivity contribution is 0.0674. The zero-order chi connectivity index (χ0) is 20.8. The zero-order valence-electron chi connectivity index (χ0n) is 17.5. The van der Waals surface area contributed by atoms with Crippen molar-refractivity contribution in [2.75, 3.05) is 6.54 Å². The summed E-state index contributed by atoms with van der Waals surface area (Å²) in [5.74, 6) is 0.0430. The highest BCUT2D eigenvalue weighted by Gasteiger charge is 2.33. The summed E-state index contributed by atoms with van der Waals surface area (Å²) in [6, 6.07) is 18.1. The first-order valence-electron chi connectivity index (χ1n) is 10.3. The van der Waals surface area contributed by atoms with E-state index < -0.39 is 0 Å². The lowest BCUT2D eigenvalue weighted by atomic mass is 9.94. The normalized spacial score (nSPS) is 16.0. The van der Waals surface area contributed by atoms with Gasteiger partial charge in [-0.2, -0.15) is 5.10 Å². The Hall–Kier alpha value is -3.47. The maximum absolute atomic E-state index is 13.3. The van der Waals surface area contributed by atoms with Gasteiger partial charge >= 0.3 is 0 Å². The van der Waals surface area contributed by atoms with Gasteiger partial charge in [0.15, 0.2) is 0 Å². The van der Waals surface area contributed by atoms with Crippen molar-refractivity contribution in [3.8, 4) is 11.3 Å². The van der Waals surface area contributed by atoms with E-state index in [1.165, 1.54) is 16.7 Å². The van der Waals surface area contributed by atoms with E-state index in [0.717, 1.165) is 28.7 Å². The number of hydrogen-bond donors (Lipinski definition) is 0. The van der Waals surface area contributed by atoms with E-state index in [9.17, 15) is 4.79 Å². The van der Waals surface area contributed by atoms with Gasteiger partial charge in [-0.25, -0.2) is 0 Å². The van der Waals surface area contributed by atoms with Crippen LogP contribution in [0.15, 0.2) is 60.8 Å². The van der Waals surface area contributed by atoms with Gasteiger partial charge in [-0.15, -0.1) is 0 Å². The summed E-state index contributed by atoms with van der Waals surface area (Å²) in [6.07, 6.45) is 2.57. The monoisotopic (exact) mass is 396 g/mol. The average Bonchev–Trinajstić information content (AvgIpc) is 3.11. The molecular formula is C25H24N4O. The standard InChI is InChI=1S/C25H24N4O/c1-16-6-8-18(9-7-16)24-21-12-14-29(17(2)23(21)27-28(24)3)25(30)20-10-11-22-19(15-20)5-4-13-26-22/h4-11,13,15,17H,12,14H2,1-3H3/t17-/m0/s1. The molecule has 1 aliphatic rings. The molecule has 5 rings (SSSR count). The number of carbonyl (C=O) groups is 1. The van der Waals surface area contributed by atoms with E-state index in [1.54, 1.807) is 6.20 Å². The third-order valence-corrected chi connectivity index (χ3v) is 6.08. The van der Waals surface area contributed by atoms with Crippen molar-refractivity contribution in [2.45, 2.75) is 26.3 Å². The van der Waals surface area contributed by atoms with Crippen LogP contribution in [-0.4, -0.2) is 32.1 Å². The Bertz CT molecular complexity index is 1260. The van der Waals surface area contributed by atoms with Gasteiger partial charge in [-0.3, -0.25) is 14.5 Å². The van der Waals surface area contributed by atoms with Crippen molar-refractivity contribution in [3.05, 3.63) is 83.2 Å². The lowest BCUT2D eigenvalue weighted by Crippen LogP contribution is -2.38. The van der Waals surface area contributed by atoms with E-state index in [0.29, 0.717) is 12.1 Å². The Morgan fingerprint density at radius 2 is 1.90 bits per heavy atom. The van der Waals surface area contributed by atoms with Gasteiger partial charge in [0, 0.05) is 41.9 Å². The smallest absolute Gasteiger partial charge is 0.254 e. The number of benzene rings is 2. The molecule has 0 fully saturated rings. The van der Waals surface area contributed by atoms with E-state index in [4.69, 9.17) is 5.10 Å². The quantitative estimate of drug-likeness (QED) is 0.493. The van der Waals surface area contributed by atoms with Crippen LogP contribution in [0.4, 0.5) is 0 Å². The molecule has 4 aromatic rings. The zero-order valence-corrected chi connectivity index (χ0v) is 17.5. The third-order valence-electron chi connectivity index (χ3n) is 6.08. The Balaban J connectivity index is 1.49. The molecule has 0 spiro atoms. The third kappa shape index (κ3) is 2.98. The summed E-state index contributed by atoms with van der Waals surface area (Å²) in [7, 11) is 1.99. The number of rotatable bonds is 2. The van der Waals surface area contributed by atoms with Crippen molar-refractivity contribution in [1.29, 1.82) is 0 Å². The largest absolute Gasteiger partial charge is 0.330 e. The second kappa shape index (κ2) is 7.10. The summed E-state index contributed by atoms with van der Waals surface area (Å²) in [5, 5.41) is 5.80. The fraction of sp³-hybridized carbons (Fsp3) is 0.240. The summed E-state index contributed by atoms with van der Waals surface area (Å²) >= 11 is 0. The first-order valence-corrected chi connectivity index (χ1v) is 10.3. The highest BCUT2D eigenvalue weighted by molar-refractivity contribution is 5.98. The highest BCUT2D eigenvalue weighted by atomic mass is 16.2. The fourth-order valence-electron chi connectivity index (χ4n) is 4.47. The first kappa shape index (κ1) is 18.6. The Labute approximate surface area is 176 Å². The van der Waals surface area contributed by atoms with Gasteiger partial charge in [0.1, 0.15) is 0 Å². The molecule has 0 unspecified atom stereocenters. The summed E-state index contributed by atoms with van der Waals surface area (Å²) in [4.78, 5) is 19.6. The van der Waals surface area contributed by atoms with Gasteiger partial charge in [0.25, 0.3) is 5.91 Å². The SMILES string of the molecule is Cc1ccc(-c2c3c(nn2C)[C@H](C)N(C(=O)c2ccc4ncccc4c2)CC3)cc1. The summed E-state index contributed by atoms with van der Waals surface area (Å²) in [5.41, 5.74) is 7.41. The molecule has 1 atom stereocenters.